The number of aliphatic hydroxyl groups is 1. The van der Waals surface area contributed by atoms with Gasteiger partial charge in [0.05, 0.1) is 12.9 Å². The zero-order chi connectivity index (χ0) is 23.4. The smallest absolute Gasteiger partial charge is 0.327 e. The lowest BCUT2D eigenvalue weighted by molar-refractivity contribution is -0.141. The summed E-state index contributed by atoms with van der Waals surface area (Å²) in [6, 6.07) is -4.59. The van der Waals surface area contributed by atoms with Gasteiger partial charge in [-0.3, -0.25) is 14.4 Å². The van der Waals surface area contributed by atoms with Crippen LogP contribution in [-0.4, -0.2) is 92.4 Å². The molecule has 1 heterocycles. The van der Waals surface area contributed by atoms with Crippen molar-refractivity contribution in [3.8, 4) is 0 Å². The molecule has 0 saturated carbocycles. The number of carbonyl (C=O) groups is 4. The molecular formula is C17H28N6O6S2. The quantitative estimate of drug-likeness (QED) is 0.134. The van der Waals surface area contributed by atoms with Gasteiger partial charge in [0.2, 0.25) is 17.7 Å². The van der Waals surface area contributed by atoms with Crippen LogP contribution in [0.4, 0.5) is 0 Å². The summed E-state index contributed by atoms with van der Waals surface area (Å²) in [5.41, 5.74) is 6.03. The molecule has 14 heteroatoms. The fraction of sp³-hybridized carbons (Fsp3) is 0.588. The molecule has 4 atom stereocenters. The summed E-state index contributed by atoms with van der Waals surface area (Å²) in [6.45, 7) is -0.589. The molecule has 0 fully saturated rings. The van der Waals surface area contributed by atoms with Crippen LogP contribution in [-0.2, 0) is 25.6 Å². The van der Waals surface area contributed by atoms with E-state index in [0.29, 0.717) is 11.4 Å². The first kappa shape index (κ1) is 26.7. The van der Waals surface area contributed by atoms with E-state index in [1.165, 1.54) is 24.3 Å². The summed E-state index contributed by atoms with van der Waals surface area (Å²) in [6.07, 6.45) is 4.96. The standard InChI is InChI=1S/C17H28N6O6S2/c1-31-3-2-11(21-14(25)10(18)6-24)15(26)22-12(4-9-5-19-8-20-9)16(27)23-13(7-30)17(28)29/h5,8,10-13,24,30H,2-4,6-7,18H2,1H3,(H,19,20)(H,21,25)(H,22,26)(H,23,27)(H,28,29). The first-order chi connectivity index (χ1) is 14.7. The third-order valence-corrected chi connectivity index (χ3v) is 5.20. The summed E-state index contributed by atoms with van der Waals surface area (Å²) >= 11 is 5.37. The second-order valence-electron chi connectivity index (χ2n) is 6.56. The maximum absolute atomic E-state index is 12.9. The monoisotopic (exact) mass is 476 g/mol. The summed E-state index contributed by atoms with van der Waals surface area (Å²) in [4.78, 5) is 55.5. The normalized spacial score (nSPS) is 14.7. The molecule has 0 aliphatic carbocycles. The lowest BCUT2D eigenvalue weighted by atomic mass is 10.1. The number of carboxylic acids is 1. The SMILES string of the molecule is CSCCC(NC(=O)C(N)CO)C(=O)NC(Cc1cnc[nH]1)C(=O)NC(CS)C(=O)O. The number of hydrogen-bond donors (Lipinski definition) is 8. The summed E-state index contributed by atoms with van der Waals surface area (Å²) in [7, 11) is 0. The Hall–Kier alpha value is -2.29. The van der Waals surface area contributed by atoms with Gasteiger partial charge in [-0.2, -0.15) is 24.4 Å². The first-order valence-corrected chi connectivity index (χ1v) is 11.3. The van der Waals surface area contributed by atoms with Gasteiger partial charge >= 0.3 is 5.97 Å². The van der Waals surface area contributed by atoms with Crippen molar-refractivity contribution in [3.63, 3.8) is 0 Å². The first-order valence-electron chi connectivity index (χ1n) is 9.30. The number of aromatic nitrogens is 2. The molecule has 0 saturated heterocycles. The van der Waals surface area contributed by atoms with Crippen LogP contribution >= 0.6 is 24.4 Å². The second-order valence-corrected chi connectivity index (χ2v) is 7.91. The van der Waals surface area contributed by atoms with E-state index in [2.05, 4.69) is 38.5 Å². The molecule has 0 aliphatic heterocycles. The van der Waals surface area contributed by atoms with Gasteiger partial charge in [0.15, 0.2) is 0 Å². The minimum absolute atomic E-state index is 0.00975. The number of rotatable bonds is 14. The number of aliphatic hydroxyl groups excluding tert-OH is 1. The lowest BCUT2D eigenvalue weighted by Crippen LogP contribution is -2.58. The van der Waals surface area contributed by atoms with E-state index in [9.17, 15) is 19.2 Å². The molecule has 0 bridgehead atoms. The van der Waals surface area contributed by atoms with Crippen molar-refractivity contribution in [3.05, 3.63) is 18.2 Å². The molecule has 1 aromatic rings. The van der Waals surface area contributed by atoms with Gasteiger partial charge in [-0.25, -0.2) is 9.78 Å². The Morgan fingerprint density at radius 3 is 2.29 bits per heavy atom. The van der Waals surface area contributed by atoms with Crippen LogP contribution in [0.25, 0.3) is 0 Å². The molecule has 1 aromatic heterocycles. The van der Waals surface area contributed by atoms with Gasteiger partial charge in [0, 0.05) is 24.1 Å². The van der Waals surface area contributed by atoms with Gasteiger partial charge in [0.1, 0.15) is 24.2 Å². The molecule has 174 valence electrons. The molecule has 3 amide bonds. The molecule has 0 radical (unpaired) electrons. The Morgan fingerprint density at radius 1 is 1.16 bits per heavy atom. The predicted octanol–water partition coefficient (Wildman–Crippen LogP) is -2.51. The van der Waals surface area contributed by atoms with Crippen molar-refractivity contribution in [2.75, 3.05) is 24.4 Å². The molecule has 12 nitrogen and oxygen atoms in total. The number of nitrogens with zero attached hydrogens (tertiary/aromatic N) is 1. The van der Waals surface area contributed by atoms with Crippen molar-refractivity contribution >= 4 is 48.1 Å². The van der Waals surface area contributed by atoms with Crippen LogP contribution in [0, 0.1) is 0 Å². The Bertz CT molecular complexity index is 735. The van der Waals surface area contributed by atoms with Crippen LogP contribution in [0.5, 0.6) is 0 Å². The van der Waals surface area contributed by atoms with Crippen molar-refractivity contribution in [1.82, 2.24) is 25.9 Å². The van der Waals surface area contributed by atoms with Gasteiger partial charge in [-0.15, -0.1) is 0 Å². The van der Waals surface area contributed by atoms with E-state index >= 15 is 0 Å². The van der Waals surface area contributed by atoms with Gasteiger partial charge < -0.3 is 36.9 Å². The van der Waals surface area contributed by atoms with E-state index in [4.69, 9.17) is 15.9 Å². The van der Waals surface area contributed by atoms with Crippen LogP contribution in [0.15, 0.2) is 12.5 Å². The predicted molar refractivity (Wildman–Crippen MR) is 118 cm³/mol. The Morgan fingerprint density at radius 2 is 1.77 bits per heavy atom. The van der Waals surface area contributed by atoms with Crippen LogP contribution in [0.2, 0.25) is 0 Å². The van der Waals surface area contributed by atoms with E-state index in [1.54, 1.807) is 0 Å². The topological polar surface area (TPSA) is 200 Å². The molecule has 0 aromatic carbocycles. The number of aliphatic carboxylic acids is 1. The van der Waals surface area contributed by atoms with Crippen molar-refractivity contribution in [2.45, 2.75) is 37.0 Å². The molecule has 0 aliphatic rings. The summed E-state index contributed by atoms with van der Waals surface area (Å²) in [5.74, 6) is -2.96. The van der Waals surface area contributed by atoms with Crippen LogP contribution in [0.3, 0.4) is 0 Å². The Balaban J connectivity index is 2.98. The van der Waals surface area contributed by atoms with E-state index < -0.39 is 54.5 Å². The molecule has 1 rings (SSSR count). The van der Waals surface area contributed by atoms with Crippen molar-refractivity contribution < 1.29 is 29.4 Å². The van der Waals surface area contributed by atoms with Gasteiger partial charge in [0.25, 0.3) is 0 Å². The second kappa shape index (κ2) is 13.9. The fourth-order valence-corrected chi connectivity index (χ4v) is 3.14. The average Bonchev–Trinajstić information content (AvgIpc) is 3.26. The molecular weight excluding hydrogens is 448 g/mol. The highest BCUT2D eigenvalue weighted by molar-refractivity contribution is 7.98. The molecule has 0 spiro atoms. The number of amides is 3. The maximum Gasteiger partial charge on any atom is 0.327 e. The van der Waals surface area contributed by atoms with E-state index in [-0.39, 0.29) is 18.6 Å². The number of aromatic amines is 1. The third kappa shape index (κ3) is 9.16. The highest BCUT2D eigenvalue weighted by Crippen LogP contribution is 2.05. The number of nitrogens with one attached hydrogen (secondary N) is 4. The number of hydrogen-bond acceptors (Lipinski definition) is 9. The van der Waals surface area contributed by atoms with Crippen molar-refractivity contribution in [1.29, 1.82) is 0 Å². The number of thioether (sulfide) groups is 1. The zero-order valence-electron chi connectivity index (χ0n) is 16.9. The number of thiol groups is 1. The summed E-state index contributed by atoms with van der Waals surface area (Å²) < 4.78 is 0. The number of imidazole rings is 1. The third-order valence-electron chi connectivity index (χ3n) is 4.19. The minimum atomic E-state index is -1.27. The van der Waals surface area contributed by atoms with Crippen LogP contribution < -0.4 is 21.7 Å². The van der Waals surface area contributed by atoms with Gasteiger partial charge in [-0.1, -0.05) is 0 Å². The summed E-state index contributed by atoms with van der Waals surface area (Å²) in [5, 5.41) is 25.5. The van der Waals surface area contributed by atoms with E-state index in [1.807, 2.05) is 6.26 Å². The highest BCUT2D eigenvalue weighted by atomic mass is 32.2. The molecule has 31 heavy (non-hydrogen) atoms. The Kier molecular flexibility index (Phi) is 12.0. The van der Waals surface area contributed by atoms with Crippen LogP contribution in [0.1, 0.15) is 12.1 Å². The number of carbonyl (C=O) groups excluding carboxylic acids is 3. The number of H-pyrrole nitrogens is 1. The largest absolute Gasteiger partial charge is 0.480 e. The highest BCUT2D eigenvalue weighted by Gasteiger charge is 2.30. The minimum Gasteiger partial charge on any atom is -0.480 e. The van der Waals surface area contributed by atoms with Gasteiger partial charge in [-0.05, 0) is 18.4 Å². The molecule has 4 unspecified atom stereocenters. The van der Waals surface area contributed by atoms with E-state index in [0.717, 1.165) is 0 Å². The van der Waals surface area contributed by atoms with Crippen molar-refractivity contribution in [2.24, 2.45) is 5.73 Å². The maximum atomic E-state index is 12.9. The lowest BCUT2D eigenvalue weighted by Gasteiger charge is -2.24. The number of carboxylic acid groups (broad SMARTS) is 1. The average molecular weight is 477 g/mol. The number of nitrogens with two attached hydrogens (primary N) is 1. The zero-order valence-corrected chi connectivity index (χ0v) is 18.6. The Labute approximate surface area is 188 Å². The molecule has 8 N–H and O–H groups in total. The fourth-order valence-electron chi connectivity index (χ4n) is 2.42.